The van der Waals surface area contributed by atoms with E-state index in [2.05, 4.69) is 15.6 Å². The number of nitrogens with zero attached hydrogens (tertiary/aromatic N) is 3. The number of amides is 1. The predicted molar refractivity (Wildman–Crippen MR) is 94.7 cm³/mol. The van der Waals surface area contributed by atoms with E-state index in [0.29, 0.717) is 23.5 Å². The smallest absolute Gasteiger partial charge is 0.278 e. The Kier molecular flexibility index (Phi) is 4.70. The van der Waals surface area contributed by atoms with Crippen molar-refractivity contribution >= 4 is 17.4 Å². The van der Waals surface area contributed by atoms with E-state index in [0.717, 1.165) is 5.56 Å². The van der Waals surface area contributed by atoms with Crippen molar-refractivity contribution in [2.75, 3.05) is 5.32 Å². The second-order valence-corrected chi connectivity index (χ2v) is 5.75. The Morgan fingerprint density at radius 3 is 2.36 bits per heavy atom. The van der Waals surface area contributed by atoms with Gasteiger partial charge >= 0.3 is 0 Å². The van der Waals surface area contributed by atoms with Crippen LogP contribution in [0.1, 0.15) is 39.0 Å². The van der Waals surface area contributed by atoms with Crippen LogP contribution in [0.3, 0.4) is 0 Å². The minimum Gasteiger partial charge on any atom is -0.321 e. The minimum absolute atomic E-state index is 0.0161. The molecule has 3 rings (SSSR count). The number of nitrogens with one attached hydrogen (secondary N) is 1. The third-order valence-electron chi connectivity index (χ3n) is 3.92. The number of rotatable bonds is 5. The number of carbonyl (C=O) groups is 2. The van der Waals surface area contributed by atoms with E-state index in [1.165, 1.54) is 6.92 Å². The summed E-state index contributed by atoms with van der Waals surface area (Å²) in [6.45, 7) is 3.87. The third-order valence-corrected chi connectivity index (χ3v) is 3.92. The van der Waals surface area contributed by atoms with Crippen molar-refractivity contribution in [1.82, 2.24) is 15.0 Å². The van der Waals surface area contributed by atoms with Crippen molar-refractivity contribution in [2.24, 2.45) is 0 Å². The van der Waals surface area contributed by atoms with Crippen molar-refractivity contribution in [3.8, 4) is 0 Å². The van der Waals surface area contributed by atoms with Gasteiger partial charge in [-0.2, -0.15) is 0 Å². The SMILES string of the molecule is CC(=O)c1ccc(NC(=O)c2nnn(Cc3ccccc3)c2C)cc1. The van der Waals surface area contributed by atoms with E-state index < -0.39 is 0 Å². The molecule has 25 heavy (non-hydrogen) atoms. The first kappa shape index (κ1) is 16.6. The molecule has 0 saturated heterocycles. The lowest BCUT2D eigenvalue weighted by molar-refractivity contribution is 0.101. The first-order chi connectivity index (χ1) is 12.0. The Morgan fingerprint density at radius 1 is 1.04 bits per heavy atom. The maximum absolute atomic E-state index is 12.4. The fraction of sp³-hybridized carbons (Fsp3) is 0.158. The summed E-state index contributed by atoms with van der Waals surface area (Å²) in [5.74, 6) is -0.343. The summed E-state index contributed by atoms with van der Waals surface area (Å²) in [4.78, 5) is 23.7. The Bertz CT molecular complexity index is 899. The van der Waals surface area contributed by atoms with E-state index in [1.807, 2.05) is 37.3 Å². The maximum Gasteiger partial charge on any atom is 0.278 e. The largest absolute Gasteiger partial charge is 0.321 e. The van der Waals surface area contributed by atoms with Crippen molar-refractivity contribution < 1.29 is 9.59 Å². The molecular formula is C19H18N4O2. The van der Waals surface area contributed by atoms with Gasteiger partial charge in [-0.3, -0.25) is 9.59 Å². The molecule has 3 aromatic rings. The number of carbonyl (C=O) groups excluding carboxylic acids is 2. The van der Waals surface area contributed by atoms with Crippen LogP contribution < -0.4 is 5.32 Å². The Morgan fingerprint density at radius 2 is 1.72 bits per heavy atom. The van der Waals surface area contributed by atoms with Crippen molar-refractivity contribution in [1.29, 1.82) is 0 Å². The number of anilines is 1. The van der Waals surface area contributed by atoms with Crippen LogP contribution in [0.25, 0.3) is 0 Å². The number of aromatic nitrogens is 3. The van der Waals surface area contributed by atoms with Gasteiger partial charge in [-0.05, 0) is 43.7 Å². The van der Waals surface area contributed by atoms with Gasteiger partial charge in [-0.25, -0.2) is 4.68 Å². The van der Waals surface area contributed by atoms with E-state index in [9.17, 15) is 9.59 Å². The van der Waals surface area contributed by atoms with Gasteiger partial charge in [0.15, 0.2) is 11.5 Å². The van der Waals surface area contributed by atoms with Crippen LogP contribution >= 0.6 is 0 Å². The number of benzene rings is 2. The standard InChI is InChI=1S/C19H18N4O2/c1-13-18(21-22-23(13)12-15-6-4-3-5-7-15)19(25)20-17-10-8-16(9-11-17)14(2)24/h3-11H,12H2,1-2H3,(H,20,25). The van der Waals surface area contributed by atoms with Gasteiger partial charge in [0.05, 0.1) is 12.2 Å². The highest BCUT2D eigenvalue weighted by Crippen LogP contribution is 2.13. The highest BCUT2D eigenvalue weighted by molar-refractivity contribution is 6.03. The Balaban J connectivity index is 1.73. The summed E-state index contributed by atoms with van der Waals surface area (Å²) in [5, 5.41) is 10.8. The molecular weight excluding hydrogens is 316 g/mol. The number of Topliss-reactive ketones (excluding diaryl/α,β-unsaturated/α-hetero) is 1. The molecule has 0 unspecified atom stereocenters. The second kappa shape index (κ2) is 7.09. The van der Waals surface area contributed by atoms with Gasteiger partial charge in [0.2, 0.25) is 0 Å². The molecule has 0 fully saturated rings. The van der Waals surface area contributed by atoms with E-state index in [4.69, 9.17) is 0 Å². The van der Waals surface area contributed by atoms with Gasteiger partial charge in [0.1, 0.15) is 0 Å². The van der Waals surface area contributed by atoms with Gasteiger partial charge in [-0.1, -0.05) is 35.5 Å². The molecule has 1 aromatic heterocycles. The first-order valence-corrected chi connectivity index (χ1v) is 7.91. The van der Waals surface area contributed by atoms with Crippen molar-refractivity contribution in [2.45, 2.75) is 20.4 Å². The normalized spacial score (nSPS) is 10.5. The van der Waals surface area contributed by atoms with Crippen molar-refractivity contribution in [3.05, 3.63) is 77.1 Å². The molecule has 1 heterocycles. The molecule has 6 heteroatoms. The molecule has 0 aliphatic heterocycles. The molecule has 126 valence electrons. The first-order valence-electron chi connectivity index (χ1n) is 7.91. The fourth-order valence-electron chi connectivity index (χ4n) is 2.46. The number of hydrogen-bond acceptors (Lipinski definition) is 4. The average Bonchev–Trinajstić information content (AvgIpc) is 2.97. The lowest BCUT2D eigenvalue weighted by Gasteiger charge is -2.06. The molecule has 1 N–H and O–H groups in total. The summed E-state index contributed by atoms with van der Waals surface area (Å²) >= 11 is 0. The lowest BCUT2D eigenvalue weighted by atomic mass is 10.1. The molecule has 2 aromatic carbocycles. The van der Waals surface area contributed by atoms with Crippen LogP contribution in [-0.4, -0.2) is 26.7 Å². The van der Waals surface area contributed by atoms with Crippen LogP contribution in [0.5, 0.6) is 0 Å². The highest BCUT2D eigenvalue weighted by Gasteiger charge is 2.17. The second-order valence-electron chi connectivity index (χ2n) is 5.75. The molecule has 0 saturated carbocycles. The Labute approximate surface area is 145 Å². The molecule has 6 nitrogen and oxygen atoms in total. The highest BCUT2D eigenvalue weighted by atomic mass is 16.2. The van der Waals surface area contributed by atoms with Gasteiger partial charge < -0.3 is 5.32 Å². The average molecular weight is 334 g/mol. The van der Waals surface area contributed by atoms with E-state index >= 15 is 0 Å². The van der Waals surface area contributed by atoms with Crippen molar-refractivity contribution in [3.63, 3.8) is 0 Å². The summed E-state index contributed by atoms with van der Waals surface area (Å²) in [5.41, 5.74) is 3.27. The van der Waals surface area contributed by atoms with E-state index in [1.54, 1.807) is 28.9 Å². The zero-order valence-corrected chi connectivity index (χ0v) is 14.1. The maximum atomic E-state index is 12.4. The molecule has 0 aliphatic carbocycles. The monoisotopic (exact) mass is 334 g/mol. The van der Waals surface area contributed by atoms with Gasteiger partial charge in [0.25, 0.3) is 5.91 Å². The number of ketones is 1. The topological polar surface area (TPSA) is 76.9 Å². The molecule has 0 bridgehead atoms. The summed E-state index contributed by atoms with van der Waals surface area (Å²) in [7, 11) is 0. The fourth-order valence-corrected chi connectivity index (χ4v) is 2.46. The molecule has 0 radical (unpaired) electrons. The summed E-state index contributed by atoms with van der Waals surface area (Å²) in [6, 6.07) is 16.6. The minimum atomic E-state index is -0.326. The van der Waals surface area contributed by atoms with Crippen LogP contribution in [0.15, 0.2) is 54.6 Å². The van der Waals surface area contributed by atoms with Crippen LogP contribution in [0.4, 0.5) is 5.69 Å². The zero-order valence-electron chi connectivity index (χ0n) is 14.1. The third kappa shape index (κ3) is 3.80. The van der Waals surface area contributed by atoms with Crippen LogP contribution in [0.2, 0.25) is 0 Å². The van der Waals surface area contributed by atoms with Crippen LogP contribution in [0, 0.1) is 6.92 Å². The molecule has 0 spiro atoms. The summed E-state index contributed by atoms with van der Waals surface area (Å²) in [6.07, 6.45) is 0. The molecule has 1 amide bonds. The van der Waals surface area contributed by atoms with Crippen LogP contribution in [-0.2, 0) is 6.54 Å². The zero-order chi connectivity index (χ0) is 17.8. The number of hydrogen-bond donors (Lipinski definition) is 1. The Hall–Kier alpha value is -3.28. The van der Waals surface area contributed by atoms with E-state index in [-0.39, 0.29) is 17.4 Å². The lowest BCUT2D eigenvalue weighted by Crippen LogP contribution is -2.14. The van der Waals surface area contributed by atoms with Gasteiger partial charge in [0, 0.05) is 11.3 Å². The predicted octanol–water partition coefficient (Wildman–Crippen LogP) is 3.09. The molecule has 0 atom stereocenters. The summed E-state index contributed by atoms with van der Waals surface area (Å²) < 4.78 is 1.70. The quantitative estimate of drug-likeness (QED) is 0.727. The van der Waals surface area contributed by atoms with Gasteiger partial charge in [-0.15, -0.1) is 5.10 Å². The molecule has 0 aliphatic rings.